The number of hydrogen-bond donors (Lipinski definition) is 0. The molecule has 6 heteroatoms. The molecule has 0 spiro atoms. The van der Waals surface area contributed by atoms with Crippen molar-refractivity contribution < 1.29 is 31.1 Å². The van der Waals surface area contributed by atoms with Crippen LogP contribution in [0.2, 0.25) is 0 Å². The monoisotopic (exact) mass is 336 g/mol. The predicted octanol–water partition coefficient (Wildman–Crippen LogP) is -3.00. The summed E-state index contributed by atoms with van der Waals surface area (Å²) in [6.45, 7) is 0. The molecule has 32 valence electrons. The first-order chi connectivity index (χ1) is 2.00. The van der Waals surface area contributed by atoms with Crippen LogP contribution < -0.4 is 7.52 Å². The van der Waals surface area contributed by atoms with E-state index in [4.69, 9.17) is 14.3 Å². The average Bonchev–Trinajstić information content (AvgIpc) is 0.722. The molecule has 0 heterocycles. The van der Waals surface area contributed by atoms with Crippen molar-refractivity contribution in [3.63, 3.8) is 0 Å². The van der Waals surface area contributed by atoms with E-state index in [0.717, 1.165) is 0 Å². The Morgan fingerprint density at radius 1 is 1.17 bits per heavy atom. The Morgan fingerprint density at radius 3 is 1.17 bits per heavy atom. The topological polar surface area (TPSA) is 80.3 Å². The van der Waals surface area contributed by atoms with E-state index in [0.29, 0.717) is 0 Å². The molecular weight excluding hydrogens is 335 g/mol. The molecule has 0 aliphatic carbocycles. The van der Waals surface area contributed by atoms with E-state index in [9.17, 15) is 0 Å². The third-order valence-corrected chi connectivity index (χ3v) is 0. The smallest absolute Gasteiger partial charge is 2.00 e. The Balaban J connectivity index is 0. The largest absolute Gasteiger partial charge is 2.00 e. The Morgan fingerprint density at radius 2 is 1.17 bits per heavy atom. The van der Waals surface area contributed by atoms with Crippen molar-refractivity contribution in [1.29, 1.82) is 0 Å². The summed E-state index contributed by atoms with van der Waals surface area (Å²) in [5, 5.41) is 0. The molecule has 6 heavy (non-hydrogen) atoms. The summed E-state index contributed by atoms with van der Waals surface area (Å²) in [7, 11) is 0. The van der Waals surface area contributed by atoms with Crippen LogP contribution in [0, 0.1) is 0 Å². The van der Waals surface area contributed by atoms with Crippen molar-refractivity contribution in [3.05, 3.63) is 0 Å². The molecule has 0 bridgehead atoms. The molecule has 0 fully saturated rings. The second kappa shape index (κ2) is 3.66. The third kappa shape index (κ3) is 43.9. The minimum absolute atomic E-state index is 0. The van der Waals surface area contributed by atoms with Crippen molar-refractivity contribution in [2.24, 2.45) is 0 Å². The van der Waals surface area contributed by atoms with Crippen molar-refractivity contribution in [3.8, 4) is 0 Å². The Hall–Kier alpha value is 1.69. The van der Waals surface area contributed by atoms with Gasteiger partial charge in [0.1, 0.15) is 0 Å². The molecule has 0 aliphatic rings. The van der Waals surface area contributed by atoms with Gasteiger partial charge in [-0.15, -0.1) is 0 Å². The zero-order valence-electron chi connectivity index (χ0n) is 2.75. The van der Waals surface area contributed by atoms with Crippen LogP contribution >= 0.6 is 0 Å². The Labute approximate surface area is 75.2 Å². The van der Waals surface area contributed by atoms with Gasteiger partial charge in [-0.1, -0.05) is 0 Å². The summed E-state index contributed by atoms with van der Waals surface area (Å²) in [4.78, 5) is 0. The van der Waals surface area contributed by atoms with Crippen LogP contribution in [0.5, 0.6) is 0 Å². The standard InChI is InChI=1S/4O.Sr.W/q;;2*-1;+2;. The molecule has 0 radical (unpaired) electrons. The summed E-state index contributed by atoms with van der Waals surface area (Å²) < 4.78 is 34.6. The minimum Gasteiger partial charge on any atom is 2.00 e. The van der Waals surface area contributed by atoms with Crippen LogP contribution in [0.1, 0.15) is 0 Å². The molecule has 0 unspecified atom stereocenters. The first kappa shape index (κ1) is 10.6. The molecule has 0 aromatic rings. The Kier molecular flexibility index (Phi) is 6.49. The van der Waals surface area contributed by atoms with Gasteiger partial charge in [-0.3, -0.25) is 0 Å². The molecule has 0 rings (SSSR count). The maximum atomic E-state index is 8.65. The summed E-state index contributed by atoms with van der Waals surface area (Å²) in [6, 6.07) is 0. The van der Waals surface area contributed by atoms with E-state index in [-0.39, 0.29) is 45.5 Å². The first-order valence-corrected chi connectivity index (χ1v) is 5.46. The van der Waals surface area contributed by atoms with Crippen LogP contribution in [-0.2, 0) is 23.5 Å². The van der Waals surface area contributed by atoms with Gasteiger partial charge in [0.15, 0.2) is 0 Å². The van der Waals surface area contributed by atoms with Gasteiger partial charge >= 0.3 is 76.5 Å². The first-order valence-electron chi connectivity index (χ1n) is 0.667. The van der Waals surface area contributed by atoms with Gasteiger partial charge in [0.25, 0.3) is 0 Å². The molecule has 0 atom stereocenters. The zero-order chi connectivity index (χ0) is 4.50. The normalized spacial score (nSPS) is 9.67. The fraction of sp³-hybridized carbons (Fsp3) is 0. The minimum atomic E-state index is -6.17. The van der Waals surface area contributed by atoms with E-state index >= 15 is 0 Å². The summed E-state index contributed by atoms with van der Waals surface area (Å²) >= 11 is -6.17. The second-order valence-corrected chi connectivity index (χ2v) is 3.34. The fourth-order valence-electron chi connectivity index (χ4n) is 0. The van der Waals surface area contributed by atoms with Gasteiger partial charge in [0, 0.05) is 0 Å². The van der Waals surface area contributed by atoms with Gasteiger partial charge in [-0.05, 0) is 0 Å². The summed E-state index contributed by atoms with van der Waals surface area (Å²) in [5.41, 5.74) is 0. The van der Waals surface area contributed by atoms with Gasteiger partial charge < -0.3 is 0 Å². The second-order valence-electron chi connectivity index (χ2n) is 0.408. The molecule has 0 saturated carbocycles. The van der Waals surface area contributed by atoms with Crippen LogP contribution in [0.15, 0.2) is 0 Å². The molecule has 0 N–H and O–H groups in total. The third-order valence-electron chi connectivity index (χ3n) is 0. The zero-order valence-corrected chi connectivity index (χ0v) is 9.16. The molecular formula is O4SrW. The summed E-state index contributed by atoms with van der Waals surface area (Å²) in [6.07, 6.45) is 0. The quantitative estimate of drug-likeness (QED) is 0.442. The maximum absolute atomic E-state index is 8.65. The Bertz CT molecular complexity index is 90.7. The number of hydrogen-bond acceptors (Lipinski definition) is 4. The van der Waals surface area contributed by atoms with E-state index < -0.39 is 16.7 Å². The van der Waals surface area contributed by atoms with E-state index in [1.165, 1.54) is 0 Å². The van der Waals surface area contributed by atoms with Gasteiger partial charge in [-0.25, -0.2) is 0 Å². The van der Waals surface area contributed by atoms with Gasteiger partial charge in [0.2, 0.25) is 0 Å². The van der Waals surface area contributed by atoms with Crippen molar-refractivity contribution >= 4 is 45.5 Å². The van der Waals surface area contributed by atoms with Crippen molar-refractivity contribution in [2.45, 2.75) is 0 Å². The molecule has 0 aromatic heterocycles. The van der Waals surface area contributed by atoms with Gasteiger partial charge in [-0.2, -0.15) is 0 Å². The van der Waals surface area contributed by atoms with Crippen LogP contribution in [0.3, 0.4) is 0 Å². The molecule has 4 nitrogen and oxygen atoms in total. The average molecular weight is 335 g/mol. The predicted molar refractivity (Wildman–Crippen MR) is 7.13 cm³/mol. The van der Waals surface area contributed by atoms with Crippen molar-refractivity contribution in [1.82, 2.24) is 0 Å². The van der Waals surface area contributed by atoms with Crippen molar-refractivity contribution in [2.75, 3.05) is 0 Å². The van der Waals surface area contributed by atoms with E-state index in [1.54, 1.807) is 0 Å². The molecule has 0 amide bonds. The molecule has 0 aliphatic heterocycles. The fourth-order valence-corrected chi connectivity index (χ4v) is 0. The number of rotatable bonds is 0. The van der Waals surface area contributed by atoms with Crippen LogP contribution in [0.25, 0.3) is 0 Å². The maximum Gasteiger partial charge on any atom is 2.00 e. The van der Waals surface area contributed by atoms with Crippen LogP contribution in [0.4, 0.5) is 0 Å². The molecule has 0 aromatic carbocycles. The van der Waals surface area contributed by atoms with Crippen LogP contribution in [-0.4, -0.2) is 45.5 Å². The van der Waals surface area contributed by atoms with E-state index in [1.807, 2.05) is 0 Å². The molecule has 0 saturated heterocycles. The SMILES string of the molecule is [O]=[W](=[O])([O-])[O-].[Sr+2]. The summed E-state index contributed by atoms with van der Waals surface area (Å²) in [5.74, 6) is 0. The van der Waals surface area contributed by atoms with Gasteiger partial charge in [0.05, 0.1) is 0 Å². The van der Waals surface area contributed by atoms with E-state index in [2.05, 4.69) is 0 Å².